The molecule has 138 valence electrons. The van der Waals surface area contributed by atoms with Crippen molar-refractivity contribution < 1.29 is 23.8 Å². The zero-order chi connectivity index (χ0) is 18.2. The minimum Gasteiger partial charge on any atom is -0.454 e. The van der Waals surface area contributed by atoms with Gasteiger partial charge in [-0.3, -0.25) is 4.79 Å². The van der Waals surface area contributed by atoms with Gasteiger partial charge in [-0.15, -0.1) is 0 Å². The molecule has 1 amide bonds. The number of benzene rings is 1. The molecule has 1 aliphatic heterocycles. The van der Waals surface area contributed by atoms with Crippen molar-refractivity contribution in [3.8, 4) is 0 Å². The number of esters is 1. The minimum atomic E-state index is -0.714. The van der Waals surface area contributed by atoms with Crippen molar-refractivity contribution in [2.75, 3.05) is 26.9 Å². The van der Waals surface area contributed by atoms with Crippen LogP contribution in [0.2, 0.25) is 0 Å². The molecule has 3 atom stereocenters. The molecule has 6 nitrogen and oxygen atoms in total. The molecule has 1 aliphatic rings. The number of nitrogens with zero attached hydrogens (tertiary/aromatic N) is 1. The smallest absolute Gasteiger partial charge is 0.335 e. The molecule has 1 heterocycles. The first-order valence-electron chi connectivity index (χ1n) is 8.69. The van der Waals surface area contributed by atoms with Crippen molar-refractivity contribution in [3.63, 3.8) is 0 Å². The average molecular weight is 349 g/mol. The summed E-state index contributed by atoms with van der Waals surface area (Å²) in [6.07, 6.45) is 1.30. The van der Waals surface area contributed by atoms with E-state index in [1.165, 1.54) is 0 Å². The van der Waals surface area contributed by atoms with Crippen molar-refractivity contribution in [1.29, 1.82) is 0 Å². The second kappa shape index (κ2) is 9.53. The van der Waals surface area contributed by atoms with E-state index in [9.17, 15) is 9.59 Å². The predicted molar refractivity (Wildman–Crippen MR) is 93.0 cm³/mol. The Balaban J connectivity index is 1.73. The lowest BCUT2D eigenvalue weighted by Gasteiger charge is -2.25. The zero-order valence-corrected chi connectivity index (χ0v) is 15.1. The molecule has 1 aromatic rings. The van der Waals surface area contributed by atoms with Gasteiger partial charge in [-0.05, 0) is 32.3 Å². The van der Waals surface area contributed by atoms with E-state index in [0.29, 0.717) is 6.61 Å². The second-order valence-corrected chi connectivity index (χ2v) is 6.31. The Morgan fingerprint density at radius 1 is 1.28 bits per heavy atom. The topological polar surface area (TPSA) is 65.1 Å². The Hall–Kier alpha value is -1.92. The van der Waals surface area contributed by atoms with E-state index in [1.807, 2.05) is 37.3 Å². The molecule has 0 radical (unpaired) electrons. The highest BCUT2D eigenvalue weighted by Crippen LogP contribution is 2.18. The molecule has 1 aromatic carbocycles. The molecule has 0 aliphatic carbocycles. The van der Waals surface area contributed by atoms with E-state index in [2.05, 4.69) is 0 Å². The van der Waals surface area contributed by atoms with Crippen LogP contribution in [0, 0.1) is 0 Å². The molecule has 0 N–H and O–H groups in total. The van der Waals surface area contributed by atoms with Gasteiger partial charge in [0.15, 0.2) is 12.7 Å². The zero-order valence-electron chi connectivity index (χ0n) is 15.1. The fourth-order valence-corrected chi connectivity index (χ4v) is 2.62. The van der Waals surface area contributed by atoms with E-state index in [-0.39, 0.29) is 24.7 Å². The number of carbonyl (C=O) groups is 2. The Kier molecular flexibility index (Phi) is 7.40. The first kappa shape index (κ1) is 19.4. The van der Waals surface area contributed by atoms with Crippen molar-refractivity contribution in [2.24, 2.45) is 0 Å². The molecule has 0 bridgehead atoms. The number of hydrogen-bond acceptors (Lipinski definition) is 5. The fraction of sp³-hybridized carbons (Fsp3) is 0.579. The Morgan fingerprint density at radius 2 is 2.00 bits per heavy atom. The van der Waals surface area contributed by atoms with Crippen LogP contribution < -0.4 is 0 Å². The standard InChI is InChI=1S/C19H27NO5/c1-14(16-8-5-4-6-9-16)20(3)18(21)13-25-19(22)15(2)24-12-17-10-7-11-23-17/h4-6,8-9,14-15,17H,7,10-13H2,1-3H3. The number of carbonyl (C=O) groups excluding carboxylic acids is 2. The number of amides is 1. The summed E-state index contributed by atoms with van der Waals surface area (Å²) in [6.45, 7) is 4.38. The maximum Gasteiger partial charge on any atom is 0.335 e. The predicted octanol–water partition coefficient (Wildman–Crippen LogP) is 2.33. The highest BCUT2D eigenvalue weighted by atomic mass is 16.6. The normalized spacial score (nSPS) is 19.2. The molecule has 2 rings (SSSR count). The van der Waals surface area contributed by atoms with Gasteiger partial charge in [0.05, 0.1) is 18.8 Å². The van der Waals surface area contributed by atoms with Gasteiger partial charge in [0, 0.05) is 13.7 Å². The van der Waals surface area contributed by atoms with Crippen LogP contribution in [0.15, 0.2) is 30.3 Å². The molecule has 3 unspecified atom stereocenters. The molecule has 1 saturated heterocycles. The van der Waals surface area contributed by atoms with Crippen LogP contribution in [-0.4, -0.2) is 55.9 Å². The van der Waals surface area contributed by atoms with Gasteiger partial charge in [-0.2, -0.15) is 0 Å². The quantitative estimate of drug-likeness (QED) is 0.674. The van der Waals surface area contributed by atoms with Crippen LogP contribution in [0.5, 0.6) is 0 Å². The molecule has 0 saturated carbocycles. The van der Waals surface area contributed by atoms with Gasteiger partial charge in [0.1, 0.15) is 0 Å². The molecular formula is C19H27NO5. The lowest BCUT2D eigenvalue weighted by molar-refractivity contribution is -0.162. The highest BCUT2D eigenvalue weighted by Gasteiger charge is 2.23. The Labute approximate surface area is 149 Å². The van der Waals surface area contributed by atoms with Gasteiger partial charge in [0.25, 0.3) is 5.91 Å². The van der Waals surface area contributed by atoms with Gasteiger partial charge < -0.3 is 19.1 Å². The summed E-state index contributed by atoms with van der Waals surface area (Å²) in [5.41, 5.74) is 1.03. The maximum absolute atomic E-state index is 12.2. The van der Waals surface area contributed by atoms with Crippen LogP contribution in [0.1, 0.15) is 38.3 Å². The number of rotatable bonds is 8. The third kappa shape index (κ3) is 5.83. The lowest BCUT2D eigenvalue weighted by atomic mass is 10.1. The van der Waals surface area contributed by atoms with E-state index >= 15 is 0 Å². The van der Waals surface area contributed by atoms with Crippen LogP contribution in [0.4, 0.5) is 0 Å². The second-order valence-electron chi connectivity index (χ2n) is 6.31. The van der Waals surface area contributed by atoms with E-state index in [0.717, 1.165) is 25.0 Å². The van der Waals surface area contributed by atoms with E-state index in [1.54, 1.807) is 18.9 Å². The molecule has 1 fully saturated rings. The van der Waals surface area contributed by atoms with Crippen LogP contribution in [-0.2, 0) is 23.8 Å². The summed E-state index contributed by atoms with van der Waals surface area (Å²) in [4.78, 5) is 25.8. The summed E-state index contributed by atoms with van der Waals surface area (Å²) in [5, 5.41) is 0. The van der Waals surface area contributed by atoms with Crippen molar-refractivity contribution in [1.82, 2.24) is 4.90 Å². The molecule has 6 heteroatoms. The molecule has 25 heavy (non-hydrogen) atoms. The van der Waals surface area contributed by atoms with Gasteiger partial charge >= 0.3 is 5.97 Å². The van der Waals surface area contributed by atoms with E-state index in [4.69, 9.17) is 14.2 Å². The van der Waals surface area contributed by atoms with Crippen molar-refractivity contribution in [3.05, 3.63) is 35.9 Å². The van der Waals surface area contributed by atoms with Crippen molar-refractivity contribution in [2.45, 2.75) is 44.9 Å². The Bertz CT molecular complexity index is 556. The van der Waals surface area contributed by atoms with E-state index < -0.39 is 12.1 Å². The van der Waals surface area contributed by atoms with Gasteiger partial charge in [-0.25, -0.2) is 4.79 Å². The third-order valence-corrected chi connectivity index (χ3v) is 4.48. The average Bonchev–Trinajstić information content (AvgIpc) is 3.16. The maximum atomic E-state index is 12.2. The van der Waals surface area contributed by atoms with Crippen LogP contribution in [0.25, 0.3) is 0 Å². The third-order valence-electron chi connectivity index (χ3n) is 4.48. The molecule has 0 aromatic heterocycles. The van der Waals surface area contributed by atoms with Crippen molar-refractivity contribution >= 4 is 11.9 Å². The number of ether oxygens (including phenoxy) is 3. The fourth-order valence-electron chi connectivity index (χ4n) is 2.62. The van der Waals surface area contributed by atoms with Gasteiger partial charge in [-0.1, -0.05) is 30.3 Å². The summed E-state index contributed by atoms with van der Waals surface area (Å²) in [7, 11) is 1.70. The van der Waals surface area contributed by atoms with Crippen LogP contribution >= 0.6 is 0 Å². The summed E-state index contributed by atoms with van der Waals surface area (Å²) in [6, 6.07) is 9.61. The minimum absolute atomic E-state index is 0.0507. The summed E-state index contributed by atoms with van der Waals surface area (Å²) < 4.78 is 16.0. The summed E-state index contributed by atoms with van der Waals surface area (Å²) >= 11 is 0. The molecular weight excluding hydrogens is 322 g/mol. The highest BCUT2D eigenvalue weighted by molar-refractivity contribution is 5.82. The largest absolute Gasteiger partial charge is 0.454 e. The Morgan fingerprint density at radius 3 is 2.64 bits per heavy atom. The first-order chi connectivity index (χ1) is 12.0. The van der Waals surface area contributed by atoms with Crippen LogP contribution in [0.3, 0.4) is 0 Å². The SMILES string of the molecule is CC(OCC1CCCO1)C(=O)OCC(=O)N(C)C(C)c1ccccc1. The number of hydrogen-bond donors (Lipinski definition) is 0. The molecule has 0 spiro atoms. The number of likely N-dealkylation sites (N-methyl/N-ethyl adjacent to an activating group) is 1. The van der Waals surface area contributed by atoms with Gasteiger partial charge in [0.2, 0.25) is 0 Å². The monoisotopic (exact) mass is 349 g/mol. The summed E-state index contributed by atoms with van der Waals surface area (Å²) in [5.74, 6) is -0.789. The lowest BCUT2D eigenvalue weighted by Crippen LogP contribution is -2.35. The first-order valence-corrected chi connectivity index (χ1v) is 8.69.